The van der Waals surface area contributed by atoms with Crippen molar-refractivity contribution in [2.75, 3.05) is 5.32 Å². The van der Waals surface area contributed by atoms with E-state index in [1.807, 2.05) is 30.3 Å². The standard InChI is InChI=1S/C18H19N3O3/c22-16(21-24)13-8-9-15(19-12-13)20-17(23)18(10-4-5-11-18)14-6-2-1-3-7-14/h1-3,6-9,12,24H,4-5,10-11H2,(H,21,22)(H,19,20,23). The maximum Gasteiger partial charge on any atom is 0.276 e. The first kappa shape index (κ1) is 16.1. The maximum absolute atomic E-state index is 12.9. The van der Waals surface area contributed by atoms with E-state index in [4.69, 9.17) is 5.21 Å². The summed E-state index contributed by atoms with van der Waals surface area (Å²) in [6.07, 6.45) is 4.98. The monoisotopic (exact) mass is 325 g/mol. The smallest absolute Gasteiger partial charge is 0.276 e. The highest BCUT2D eigenvalue weighted by Crippen LogP contribution is 2.41. The fourth-order valence-electron chi connectivity index (χ4n) is 3.29. The van der Waals surface area contributed by atoms with Crippen LogP contribution in [0.3, 0.4) is 0 Å². The average Bonchev–Trinajstić information content (AvgIpc) is 3.13. The number of carbonyl (C=O) groups is 2. The molecule has 0 saturated heterocycles. The van der Waals surface area contributed by atoms with Crippen LogP contribution in [-0.4, -0.2) is 22.0 Å². The van der Waals surface area contributed by atoms with Gasteiger partial charge in [0.1, 0.15) is 5.82 Å². The van der Waals surface area contributed by atoms with Gasteiger partial charge in [-0.1, -0.05) is 43.2 Å². The first-order valence-electron chi connectivity index (χ1n) is 7.93. The first-order valence-corrected chi connectivity index (χ1v) is 7.93. The molecule has 0 atom stereocenters. The van der Waals surface area contributed by atoms with Crippen molar-refractivity contribution in [3.63, 3.8) is 0 Å². The van der Waals surface area contributed by atoms with Gasteiger partial charge in [-0.15, -0.1) is 0 Å². The average molecular weight is 325 g/mol. The molecule has 6 nitrogen and oxygen atoms in total. The van der Waals surface area contributed by atoms with E-state index in [0.29, 0.717) is 5.82 Å². The number of hydrogen-bond acceptors (Lipinski definition) is 4. The summed E-state index contributed by atoms with van der Waals surface area (Å²) < 4.78 is 0. The summed E-state index contributed by atoms with van der Waals surface area (Å²) in [6, 6.07) is 12.9. The van der Waals surface area contributed by atoms with E-state index in [2.05, 4.69) is 10.3 Å². The molecule has 24 heavy (non-hydrogen) atoms. The minimum Gasteiger partial charge on any atom is -0.310 e. The Bertz CT molecular complexity index is 723. The predicted molar refractivity (Wildman–Crippen MR) is 88.7 cm³/mol. The van der Waals surface area contributed by atoms with Crippen molar-refractivity contribution < 1.29 is 14.8 Å². The Hall–Kier alpha value is -2.73. The summed E-state index contributed by atoms with van der Waals surface area (Å²) in [6.45, 7) is 0. The van der Waals surface area contributed by atoms with Crippen molar-refractivity contribution in [2.45, 2.75) is 31.1 Å². The topological polar surface area (TPSA) is 91.3 Å². The van der Waals surface area contributed by atoms with Crippen molar-refractivity contribution in [3.8, 4) is 0 Å². The summed E-state index contributed by atoms with van der Waals surface area (Å²) in [4.78, 5) is 28.3. The van der Waals surface area contributed by atoms with Gasteiger partial charge < -0.3 is 5.32 Å². The number of rotatable bonds is 4. The Kier molecular flexibility index (Phi) is 4.57. The Morgan fingerprint density at radius 1 is 1.04 bits per heavy atom. The summed E-state index contributed by atoms with van der Waals surface area (Å²) in [5.74, 6) is -0.327. The van der Waals surface area contributed by atoms with Crippen molar-refractivity contribution in [1.29, 1.82) is 0 Å². The van der Waals surface area contributed by atoms with Gasteiger partial charge in [0.25, 0.3) is 5.91 Å². The molecule has 124 valence electrons. The van der Waals surface area contributed by atoms with Crippen LogP contribution in [0.5, 0.6) is 0 Å². The lowest BCUT2D eigenvalue weighted by molar-refractivity contribution is -0.121. The molecule has 1 aromatic heterocycles. The Balaban J connectivity index is 1.81. The molecule has 6 heteroatoms. The number of hydroxylamine groups is 1. The molecule has 1 aliphatic carbocycles. The summed E-state index contributed by atoms with van der Waals surface area (Å²) in [5, 5.41) is 11.5. The second-order valence-corrected chi connectivity index (χ2v) is 5.98. The van der Waals surface area contributed by atoms with Gasteiger partial charge in [0.05, 0.1) is 11.0 Å². The molecule has 3 N–H and O–H groups in total. The molecule has 1 heterocycles. The van der Waals surface area contributed by atoms with Crippen LogP contribution in [0.25, 0.3) is 0 Å². The van der Waals surface area contributed by atoms with E-state index < -0.39 is 11.3 Å². The molecule has 2 amide bonds. The van der Waals surface area contributed by atoms with E-state index in [-0.39, 0.29) is 11.5 Å². The van der Waals surface area contributed by atoms with Crippen LogP contribution in [0.15, 0.2) is 48.7 Å². The fraction of sp³-hybridized carbons (Fsp3) is 0.278. The number of anilines is 1. The van der Waals surface area contributed by atoms with Crippen LogP contribution in [-0.2, 0) is 10.2 Å². The summed E-state index contributed by atoms with van der Waals surface area (Å²) in [7, 11) is 0. The molecule has 0 unspecified atom stereocenters. The van der Waals surface area contributed by atoms with Gasteiger partial charge in [0, 0.05) is 6.20 Å². The number of pyridine rings is 1. The Morgan fingerprint density at radius 3 is 2.33 bits per heavy atom. The molecular weight excluding hydrogens is 306 g/mol. The van der Waals surface area contributed by atoms with E-state index in [1.54, 1.807) is 11.5 Å². The molecular formula is C18H19N3O3. The molecule has 0 radical (unpaired) electrons. The lowest BCUT2D eigenvalue weighted by Gasteiger charge is -2.28. The number of carbonyl (C=O) groups excluding carboxylic acids is 2. The lowest BCUT2D eigenvalue weighted by atomic mass is 9.78. The highest BCUT2D eigenvalue weighted by molar-refractivity contribution is 5.99. The molecule has 0 bridgehead atoms. The molecule has 1 aromatic carbocycles. The van der Waals surface area contributed by atoms with Crippen molar-refractivity contribution in [3.05, 3.63) is 59.8 Å². The highest BCUT2D eigenvalue weighted by atomic mass is 16.5. The molecule has 1 aliphatic rings. The zero-order valence-electron chi connectivity index (χ0n) is 13.2. The van der Waals surface area contributed by atoms with Crippen molar-refractivity contribution in [2.24, 2.45) is 0 Å². The SMILES string of the molecule is O=C(NO)c1ccc(NC(=O)C2(c3ccccc3)CCCC2)nc1. The largest absolute Gasteiger partial charge is 0.310 e. The van der Waals surface area contributed by atoms with Gasteiger partial charge in [0.15, 0.2) is 0 Å². The highest BCUT2D eigenvalue weighted by Gasteiger charge is 2.42. The molecule has 1 saturated carbocycles. The van der Waals surface area contributed by atoms with Crippen LogP contribution < -0.4 is 10.8 Å². The van der Waals surface area contributed by atoms with Gasteiger partial charge in [0.2, 0.25) is 5.91 Å². The number of aromatic nitrogens is 1. The lowest BCUT2D eigenvalue weighted by Crippen LogP contribution is -2.38. The van der Waals surface area contributed by atoms with Crippen molar-refractivity contribution >= 4 is 17.6 Å². The second-order valence-electron chi connectivity index (χ2n) is 5.98. The van der Waals surface area contributed by atoms with Crippen LogP contribution in [0, 0.1) is 0 Å². The molecule has 1 fully saturated rings. The van der Waals surface area contributed by atoms with Crippen molar-refractivity contribution in [1.82, 2.24) is 10.5 Å². The van der Waals surface area contributed by atoms with Gasteiger partial charge in [-0.25, -0.2) is 10.5 Å². The van der Waals surface area contributed by atoms with Gasteiger partial charge in [-0.3, -0.25) is 14.8 Å². The first-order chi connectivity index (χ1) is 11.7. The molecule has 3 rings (SSSR count). The van der Waals surface area contributed by atoms with Crippen LogP contribution in [0.1, 0.15) is 41.6 Å². The molecule has 2 aromatic rings. The van der Waals surface area contributed by atoms with E-state index in [9.17, 15) is 9.59 Å². The minimum absolute atomic E-state index is 0.0712. The quantitative estimate of drug-likeness (QED) is 0.595. The summed E-state index contributed by atoms with van der Waals surface area (Å²) >= 11 is 0. The molecule has 0 aliphatic heterocycles. The number of amides is 2. The third-order valence-electron chi connectivity index (χ3n) is 4.59. The predicted octanol–water partition coefficient (Wildman–Crippen LogP) is 2.65. The Morgan fingerprint density at radius 2 is 1.75 bits per heavy atom. The summed E-state index contributed by atoms with van der Waals surface area (Å²) in [5.41, 5.74) is 2.26. The zero-order valence-corrected chi connectivity index (χ0v) is 13.2. The number of hydrogen-bond donors (Lipinski definition) is 3. The third-order valence-corrected chi connectivity index (χ3v) is 4.59. The van der Waals surface area contributed by atoms with Crippen LogP contribution >= 0.6 is 0 Å². The van der Waals surface area contributed by atoms with Gasteiger partial charge >= 0.3 is 0 Å². The number of benzene rings is 1. The third kappa shape index (κ3) is 3.00. The fourth-order valence-corrected chi connectivity index (χ4v) is 3.29. The van der Waals surface area contributed by atoms with Crippen LogP contribution in [0.2, 0.25) is 0 Å². The van der Waals surface area contributed by atoms with E-state index >= 15 is 0 Å². The second kappa shape index (κ2) is 6.80. The minimum atomic E-state index is -0.642. The zero-order chi connectivity index (χ0) is 17.0. The van der Waals surface area contributed by atoms with E-state index in [0.717, 1.165) is 31.2 Å². The maximum atomic E-state index is 12.9. The number of nitrogens with zero attached hydrogens (tertiary/aromatic N) is 1. The normalized spacial score (nSPS) is 15.7. The van der Waals surface area contributed by atoms with Gasteiger partial charge in [-0.05, 0) is 30.5 Å². The van der Waals surface area contributed by atoms with E-state index in [1.165, 1.54) is 12.3 Å². The van der Waals surface area contributed by atoms with Gasteiger partial charge in [-0.2, -0.15) is 0 Å². The van der Waals surface area contributed by atoms with Crippen LogP contribution in [0.4, 0.5) is 5.82 Å². The Labute approximate surface area is 139 Å². The number of nitrogens with one attached hydrogen (secondary N) is 2. The molecule has 0 spiro atoms.